The third-order valence-electron chi connectivity index (χ3n) is 10.1. The van der Waals surface area contributed by atoms with Crippen molar-refractivity contribution in [1.29, 1.82) is 0 Å². The van der Waals surface area contributed by atoms with Crippen molar-refractivity contribution in [3.05, 3.63) is 11.6 Å². The number of halogens is 6. The molecule has 0 saturated heterocycles. The van der Waals surface area contributed by atoms with E-state index in [1.165, 1.54) is 5.57 Å². The summed E-state index contributed by atoms with van der Waals surface area (Å²) in [5.41, 5.74) is -3.58. The Balaban J connectivity index is 1.57. The lowest BCUT2D eigenvalue weighted by molar-refractivity contribution is -0.375. The first-order valence-corrected chi connectivity index (χ1v) is 12.0. The van der Waals surface area contributed by atoms with Gasteiger partial charge in [-0.25, -0.2) is 0 Å². The summed E-state index contributed by atoms with van der Waals surface area (Å²) in [4.78, 5) is 0. The number of aliphatic hydroxyl groups is 2. The average Bonchev–Trinajstić information content (AvgIpc) is 3.08. The fraction of sp³-hybridized carbons (Fsp3) is 0.875. The van der Waals surface area contributed by atoms with Crippen LogP contribution in [0.4, 0.5) is 26.3 Å². The Morgan fingerprint density at radius 2 is 1.68 bits per heavy atom. The summed E-state index contributed by atoms with van der Waals surface area (Å²) in [6, 6.07) is 0. The van der Waals surface area contributed by atoms with E-state index < -0.39 is 41.8 Å². The smallest absolute Gasteiger partial charge is 0.411 e. The van der Waals surface area contributed by atoms with E-state index in [1.54, 1.807) is 0 Å². The zero-order chi connectivity index (χ0) is 25.3. The Bertz CT molecular complexity index is 854. The molecule has 0 amide bonds. The van der Waals surface area contributed by atoms with E-state index >= 15 is 0 Å². The van der Waals surface area contributed by atoms with Crippen LogP contribution in [0.3, 0.4) is 0 Å². The molecule has 0 aliphatic heterocycles. The van der Waals surface area contributed by atoms with Gasteiger partial charge in [-0.15, -0.1) is 0 Å². The third-order valence-corrected chi connectivity index (χ3v) is 10.1. The molecule has 0 spiro atoms. The molecule has 4 nitrogen and oxygen atoms in total. The van der Waals surface area contributed by atoms with E-state index in [0.717, 1.165) is 25.0 Å². The zero-order valence-electron chi connectivity index (χ0n) is 19.4. The van der Waals surface area contributed by atoms with Crippen LogP contribution in [-0.2, 0) is 0 Å². The van der Waals surface area contributed by atoms with Gasteiger partial charge in [0.2, 0.25) is 0 Å². The predicted octanol–water partition coefficient (Wildman–Crippen LogP) is 6.00. The number of nitrogens with zero attached hydrogens (tertiary/aromatic N) is 1. The van der Waals surface area contributed by atoms with E-state index in [-0.39, 0.29) is 17.3 Å². The highest BCUT2D eigenvalue weighted by atomic mass is 19.4. The number of hydrogen-bond acceptors (Lipinski definition) is 4. The fourth-order valence-corrected chi connectivity index (χ4v) is 8.08. The summed E-state index contributed by atoms with van der Waals surface area (Å²) >= 11 is 0. The highest BCUT2D eigenvalue weighted by molar-refractivity contribution is 5.87. The van der Waals surface area contributed by atoms with Crippen LogP contribution in [0.2, 0.25) is 0 Å². The largest absolute Gasteiger partial charge is 0.426 e. The minimum atomic E-state index is -5.93. The first kappa shape index (κ1) is 25.8. The molecule has 194 valence electrons. The van der Waals surface area contributed by atoms with Crippen molar-refractivity contribution < 1.29 is 41.8 Å². The molecule has 0 radical (unpaired) electrons. The van der Waals surface area contributed by atoms with Crippen molar-refractivity contribution in [3.8, 4) is 0 Å². The van der Waals surface area contributed by atoms with Crippen molar-refractivity contribution in [1.82, 2.24) is 0 Å². The Labute approximate surface area is 195 Å². The molecule has 4 rings (SSSR count). The quantitative estimate of drug-likeness (QED) is 0.194. The first-order chi connectivity index (χ1) is 15.6. The van der Waals surface area contributed by atoms with E-state index in [2.05, 4.69) is 18.2 Å². The molecule has 34 heavy (non-hydrogen) atoms. The molecule has 4 aliphatic rings. The fourth-order valence-electron chi connectivity index (χ4n) is 8.08. The van der Waals surface area contributed by atoms with Gasteiger partial charge in [-0.1, -0.05) is 30.7 Å². The van der Waals surface area contributed by atoms with Crippen LogP contribution in [0.15, 0.2) is 16.8 Å². The molecule has 0 aromatic rings. The number of aliphatic hydroxyl groups excluding tert-OH is 1. The SMILES string of the molecule is C[C@]12CC[C@H]3[C@@H](CC=C4C/C(=N\O)CC[C@@]43C)[C@@H]1CC[C@@H]2[C@H](O)CC(O)(C(F)(F)F)C(F)(F)F. The van der Waals surface area contributed by atoms with Crippen LogP contribution >= 0.6 is 0 Å². The van der Waals surface area contributed by atoms with E-state index in [1.807, 2.05) is 6.92 Å². The van der Waals surface area contributed by atoms with Crippen molar-refractivity contribution >= 4 is 5.71 Å². The second-order valence-corrected chi connectivity index (χ2v) is 11.5. The van der Waals surface area contributed by atoms with Crippen LogP contribution in [0.25, 0.3) is 0 Å². The summed E-state index contributed by atoms with van der Waals surface area (Å²) in [5.74, 6) is -0.0870. The van der Waals surface area contributed by atoms with Gasteiger partial charge in [0.05, 0.1) is 11.8 Å². The maximum atomic E-state index is 13.2. The number of fused-ring (bicyclic) bond motifs is 5. The van der Waals surface area contributed by atoms with Gasteiger partial charge in [0, 0.05) is 12.8 Å². The monoisotopic (exact) mass is 497 g/mol. The van der Waals surface area contributed by atoms with Gasteiger partial charge in [-0.2, -0.15) is 26.3 Å². The number of oxime groups is 1. The van der Waals surface area contributed by atoms with Crippen molar-refractivity contribution in [2.45, 2.75) is 95.7 Å². The van der Waals surface area contributed by atoms with E-state index in [0.29, 0.717) is 38.0 Å². The molecule has 4 aliphatic carbocycles. The second-order valence-electron chi connectivity index (χ2n) is 11.5. The minimum absolute atomic E-state index is 0.0675. The maximum Gasteiger partial charge on any atom is 0.426 e. The van der Waals surface area contributed by atoms with Crippen LogP contribution in [0.5, 0.6) is 0 Å². The summed E-state index contributed by atoms with van der Waals surface area (Å²) in [6.07, 6.45) is -8.07. The Morgan fingerprint density at radius 3 is 2.26 bits per heavy atom. The van der Waals surface area contributed by atoms with Gasteiger partial charge in [0.1, 0.15) is 0 Å². The summed E-state index contributed by atoms with van der Waals surface area (Å²) in [5, 5.41) is 32.9. The highest BCUT2D eigenvalue weighted by Crippen LogP contribution is 2.67. The second kappa shape index (κ2) is 8.11. The lowest BCUT2D eigenvalue weighted by atomic mass is 9.47. The minimum Gasteiger partial charge on any atom is -0.411 e. The number of rotatable bonds is 3. The van der Waals surface area contributed by atoms with Gasteiger partial charge in [-0.05, 0) is 79.4 Å². The van der Waals surface area contributed by atoms with Gasteiger partial charge in [0.15, 0.2) is 0 Å². The first-order valence-electron chi connectivity index (χ1n) is 12.0. The van der Waals surface area contributed by atoms with Crippen LogP contribution < -0.4 is 0 Å². The molecule has 10 heteroatoms. The standard InChI is InChI=1S/C24H33F6NO3/c1-20-9-7-14(31-34)11-13(20)3-4-15-16-5-6-18(21(16,2)10-8-17(15)20)19(32)12-22(33,23(25,26)27)24(28,29)30/h3,15-19,32-34H,4-12H2,1-2H3/b31-14-/t15-,16-,17-,18+,19+,20-,21-/m0/s1. The van der Waals surface area contributed by atoms with Gasteiger partial charge in [-0.3, -0.25) is 0 Å². The van der Waals surface area contributed by atoms with E-state index in [9.17, 15) is 41.8 Å². The average molecular weight is 498 g/mol. The Hall–Kier alpha value is -1.29. The van der Waals surface area contributed by atoms with Crippen molar-refractivity contribution in [2.75, 3.05) is 0 Å². The predicted molar refractivity (Wildman–Crippen MR) is 112 cm³/mol. The molecule has 0 aromatic heterocycles. The molecule has 3 N–H and O–H groups in total. The van der Waals surface area contributed by atoms with Crippen LogP contribution in [0, 0.1) is 34.5 Å². The Kier molecular flexibility index (Phi) is 6.16. The molecule has 3 saturated carbocycles. The van der Waals surface area contributed by atoms with E-state index in [4.69, 9.17) is 0 Å². The van der Waals surface area contributed by atoms with Crippen molar-refractivity contribution in [3.63, 3.8) is 0 Å². The molecular formula is C24H33F6NO3. The molecule has 0 bridgehead atoms. The topological polar surface area (TPSA) is 73.1 Å². The number of alkyl halides is 6. The zero-order valence-corrected chi connectivity index (χ0v) is 19.4. The van der Waals surface area contributed by atoms with Crippen molar-refractivity contribution in [2.24, 2.45) is 39.7 Å². The van der Waals surface area contributed by atoms with Gasteiger partial charge >= 0.3 is 12.4 Å². The third kappa shape index (κ3) is 3.69. The van der Waals surface area contributed by atoms with Gasteiger partial charge in [0.25, 0.3) is 5.60 Å². The number of allylic oxidation sites excluding steroid dienone is 2. The molecule has 7 atom stereocenters. The molecule has 0 heterocycles. The molecule has 3 fully saturated rings. The Morgan fingerprint density at radius 1 is 1.03 bits per heavy atom. The molecular weight excluding hydrogens is 464 g/mol. The highest BCUT2D eigenvalue weighted by Gasteiger charge is 2.71. The molecule has 0 unspecified atom stereocenters. The van der Waals surface area contributed by atoms with Crippen LogP contribution in [0.1, 0.15) is 71.6 Å². The lowest BCUT2D eigenvalue weighted by Crippen LogP contribution is -2.59. The normalized spacial score (nSPS) is 40.9. The maximum absolute atomic E-state index is 13.2. The molecule has 0 aromatic carbocycles. The summed E-state index contributed by atoms with van der Waals surface area (Å²) < 4.78 is 79.4. The summed E-state index contributed by atoms with van der Waals surface area (Å²) in [7, 11) is 0. The van der Waals surface area contributed by atoms with Crippen LogP contribution in [-0.4, -0.2) is 45.2 Å². The lowest BCUT2D eigenvalue weighted by Gasteiger charge is -2.58. The van der Waals surface area contributed by atoms with Gasteiger partial charge < -0.3 is 15.4 Å². The number of hydrogen-bond donors (Lipinski definition) is 3. The summed E-state index contributed by atoms with van der Waals surface area (Å²) in [6.45, 7) is 4.12.